The molecule has 45 heavy (non-hydrogen) atoms. The highest BCUT2D eigenvalue weighted by molar-refractivity contribution is 6.08. The second-order valence-electron chi connectivity index (χ2n) is 12.1. The van der Waals surface area contributed by atoms with Crippen molar-refractivity contribution >= 4 is 44.8 Å². The number of aromatic carboxylic acids is 1. The first-order valence-electron chi connectivity index (χ1n) is 15.9. The number of benzene rings is 3. The highest BCUT2D eigenvalue weighted by Crippen LogP contribution is 2.44. The Morgan fingerprint density at radius 1 is 0.889 bits per heavy atom. The minimum atomic E-state index is -1.05. The van der Waals surface area contributed by atoms with Crippen molar-refractivity contribution in [3.8, 4) is 16.9 Å². The highest BCUT2D eigenvalue weighted by Gasteiger charge is 2.25. The zero-order chi connectivity index (χ0) is 30.9. The number of ether oxygens (including phenoxy) is 1. The van der Waals surface area contributed by atoms with E-state index in [1.54, 1.807) is 12.3 Å². The molecule has 11 nitrogen and oxygen atoms in total. The number of pyridine rings is 1. The number of anilines is 2. The number of nitrogens with two attached hydrogens (primary N) is 1. The van der Waals surface area contributed by atoms with Crippen LogP contribution in [0.25, 0.3) is 32.7 Å². The van der Waals surface area contributed by atoms with Gasteiger partial charge in [-0.15, -0.1) is 0 Å². The lowest BCUT2D eigenvalue weighted by Crippen LogP contribution is -2.50. The fraction of sp³-hybridized carbons (Fsp3) is 0.382. The fourth-order valence-electron chi connectivity index (χ4n) is 6.91. The number of nitrogens with zero attached hydrogens (tertiary/aromatic N) is 4. The topological polar surface area (TPSA) is 143 Å². The van der Waals surface area contributed by atoms with Crippen molar-refractivity contribution in [2.24, 2.45) is 5.73 Å². The number of fused-ring (bicyclic) bond motifs is 2. The van der Waals surface area contributed by atoms with Gasteiger partial charge in [0.2, 0.25) is 0 Å². The third-order valence-electron chi connectivity index (χ3n) is 9.32. The number of piperazine rings is 2. The predicted octanol–water partition coefficient (Wildman–Crippen LogP) is 3.31. The molecule has 7 rings (SSSR count). The molecule has 1 aromatic heterocycles. The van der Waals surface area contributed by atoms with Crippen LogP contribution in [0.5, 0.6) is 5.75 Å². The van der Waals surface area contributed by atoms with Gasteiger partial charge < -0.3 is 40.9 Å². The van der Waals surface area contributed by atoms with E-state index in [9.17, 15) is 9.90 Å². The van der Waals surface area contributed by atoms with Crippen LogP contribution in [0.4, 0.5) is 11.4 Å². The molecular formula is C34H40N8O3. The Hall–Kier alpha value is -4.61. The number of guanidine groups is 1. The maximum Gasteiger partial charge on any atom is 0.354 e. The minimum Gasteiger partial charge on any atom is -0.490 e. The molecule has 6 N–H and O–H groups in total. The Bertz CT molecular complexity index is 1740. The van der Waals surface area contributed by atoms with Gasteiger partial charge in [-0.2, -0.15) is 0 Å². The summed E-state index contributed by atoms with van der Waals surface area (Å²) in [6, 6.07) is 16.9. The third-order valence-corrected chi connectivity index (χ3v) is 9.32. The zero-order valence-corrected chi connectivity index (χ0v) is 25.4. The van der Waals surface area contributed by atoms with Crippen molar-refractivity contribution < 1.29 is 14.6 Å². The van der Waals surface area contributed by atoms with Crippen LogP contribution in [0.15, 0.2) is 54.7 Å². The van der Waals surface area contributed by atoms with Crippen LogP contribution in [0, 0.1) is 5.41 Å². The largest absolute Gasteiger partial charge is 0.490 e. The summed E-state index contributed by atoms with van der Waals surface area (Å²) in [6.45, 7) is 8.10. The monoisotopic (exact) mass is 608 g/mol. The van der Waals surface area contributed by atoms with E-state index in [-0.39, 0.29) is 17.8 Å². The fourth-order valence-corrected chi connectivity index (χ4v) is 6.91. The molecule has 3 aromatic carbocycles. The van der Waals surface area contributed by atoms with Crippen LogP contribution in [-0.4, -0.2) is 98.5 Å². The molecule has 0 saturated carbocycles. The van der Waals surface area contributed by atoms with Gasteiger partial charge in [-0.3, -0.25) is 5.41 Å². The molecule has 234 valence electrons. The average molecular weight is 609 g/mol. The number of nitrogens with one attached hydrogen (secondary N) is 3. The normalized spacial score (nSPS) is 18.0. The Labute approximate surface area is 262 Å². The summed E-state index contributed by atoms with van der Waals surface area (Å²) in [5.41, 5.74) is 10.0. The summed E-state index contributed by atoms with van der Waals surface area (Å²) < 4.78 is 6.71. The number of hydrogen-bond acceptors (Lipinski definition) is 8. The summed E-state index contributed by atoms with van der Waals surface area (Å²) in [7, 11) is 0. The molecule has 4 heterocycles. The van der Waals surface area contributed by atoms with E-state index < -0.39 is 5.97 Å². The molecule has 0 bridgehead atoms. The van der Waals surface area contributed by atoms with Crippen LogP contribution in [0.3, 0.4) is 0 Å². The van der Waals surface area contributed by atoms with E-state index in [1.807, 2.05) is 4.90 Å². The quantitative estimate of drug-likeness (QED) is 0.163. The first-order chi connectivity index (χ1) is 22.0. The standard InChI is InChI=1S/C34H40N8O3/c35-34(36)42-16-14-40(15-17-42)30-3-1-2-22-4-5-23(18-25(22)30)26-20-31(45-24-6-8-37-9-7-24)28-21-39-29(33(43)44)19-27(28)32(26)41-12-10-38-11-13-41/h1-5,18-21,24,37-38H,6-17H2,(H3,35,36)(H,43,44). The lowest BCUT2D eigenvalue weighted by molar-refractivity contribution is 0.0690. The smallest absolute Gasteiger partial charge is 0.354 e. The molecular weight excluding hydrogens is 568 g/mol. The number of piperidine rings is 1. The molecule has 3 aliphatic rings. The third kappa shape index (κ3) is 5.81. The summed E-state index contributed by atoms with van der Waals surface area (Å²) in [5, 5.41) is 28.6. The maximum atomic E-state index is 12.1. The zero-order valence-electron chi connectivity index (χ0n) is 25.4. The second kappa shape index (κ2) is 12.4. The number of aromatic nitrogens is 1. The molecule has 0 spiro atoms. The summed E-state index contributed by atoms with van der Waals surface area (Å²) in [5.74, 6) is -0.186. The Morgan fingerprint density at radius 2 is 1.64 bits per heavy atom. The maximum absolute atomic E-state index is 12.1. The molecule has 4 aromatic rings. The van der Waals surface area contributed by atoms with Crippen LogP contribution in [-0.2, 0) is 0 Å². The van der Waals surface area contributed by atoms with Gasteiger partial charge in [0, 0.05) is 86.0 Å². The minimum absolute atomic E-state index is 0.0225. The number of carboxylic acid groups (broad SMARTS) is 1. The van der Waals surface area contributed by atoms with Gasteiger partial charge in [-0.1, -0.05) is 24.3 Å². The first-order valence-corrected chi connectivity index (χ1v) is 15.9. The molecule has 3 fully saturated rings. The number of carbonyl (C=O) groups is 1. The molecule has 11 heteroatoms. The molecule has 0 aliphatic carbocycles. The van der Waals surface area contributed by atoms with Crippen LogP contribution >= 0.6 is 0 Å². The van der Waals surface area contributed by atoms with Gasteiger partial charge >= 0.3 is 5.97 Å². The second-order valence-corrected chi connectivity index (χ2v) is 12.1. The molecule has 0 amide bonds. The van der Waals surface area contributed by atoms with Crippen molar-refractivity contribution in [2.75, 3.05) is 75.2 Å². The lowest BCUT2D eigenvalue weighted by Gasteiger charge is -2.37. The van der Waals surface area contributed by atoms with Gasteiger partial charge in [-0.05, 0) is 61.1 Å². The molecule has 0 atom stereocenters. The first kappa shape index (κ1) is 29.1. The van der Waals surface area contributed by atoms with Crippen molar-refractivity contribution in [3.05, 3.63) is 60.4 Å². The van der Waals surface area contributed by atoms with E-state index >= 15 is 0 Å². The SMILES string of the molecule is N=C(N)N1CCN(c2cccc3ccc(-c4cc(OC5CCNCC5)c5cnc(C(=O)O)cc5c4N4CCNCC4)cc23)CC1. The van der Waals surface area contributed by atoms with Gasteiger partial charge in [0.15, 0.2) is 5.96 Å². The van der Waals surface area contributed by atoms with Crippen molar-refractivity contribution in [2.45, 2.75) is 18.9 Å². The molecule has 0 radical (unpaired) electrons. The Kier molecular flexibility index (Phi) is 8.03. The lowest BCUT2D eigenvalue weighted by atomic mass is 9.94. The predicted molar refractivity (Wildman–Crippen MR) is 179 cm³/mol. The van der Waals surface area contributed by atoms with E-state index in [0.29, 0.717) is 13.1 Å². The highest BCUT2D eigenvalue weighted by atomic mass is 16.5. The van der Waals surface area contributed by atoms with Crippen LogP contribution in [0.1, 0.15) is 23.3 Å². The number of rotatable bonds is 6. The summed E-state index contributed by atoms with van der Waals surface area (Å²) in [4.78, 5) is 23.1. The Balaban J connectivity index is 1.40. The van der Waals surface area contributed by atoms with Crippen molar-refractivity contribution in [1.82, 2.24) is 20.5 Å². The van der Waals surface area contributed by atoms with E-state index in [0.717, 1.165) is 115 Å². The Morgan fingerprint density at radius 3 is 2.38 bits per heavy atom. The van der Waals surface area contributed by atoms with Crippen LogP contribution < -0.4 is 30.9 Å². The van der Waals surface area contributed by atoms with E-state index in [1.165, 1.54) is 0 Å². The van der Waals surface area contributed by atoms with E-state index in [2.05, 4.69) is 67.9 Å². The van der Waals surface area contributed by atoms with Crippen LogP contribution in [0.2, 0.25) is 0 Å². The number of carboxylic acids is 1. The van der Waals surface area contributed by atoms with Gasteiger partial charge in [0.25, 0.3) is 0 Å². The summed E-state index contributed by atoms with van der Waals surface area (Å²) in [6.07, 6.45) is 3.56. The van der Waals surface area contributed by atoms with Gasteiger partial charge in [-0.25, -0.2) is 9.78 Å². The molecule has 3 aliphatic heterocycles. The van der Waals surface area contributed by atoms with Crippen molar-refractivity contribution in [3.63, 3.8) is 0 Å². The molecule has 3 saturated heterocycles. The van der Waals surface area contributed by atoms with Gasteiger partial charge in [0.1, 0.15) is 17.5 Å². The average Bonchev–Trinajstić information content (AvgIpc) is 3.08. The van der Waals surface area contributed by atoms with E-state index in [4.69, 9.17) is 15.9 Å². The van der Waals surface area contributed by atoms with Crippen molar-refractivity contribution in [1.29, 1.82) is 5.41 Å². The number of hydrogen-bond donors (Lipinski definition) is 5. The van der Waals surface area contributed by atoms with Gasteiger partial charge in [0.05, 0.1) is 5.69 Å². The summed E-state index contributed by atoms with van der Waals surface area (Å²) >= 11 is 0. The molecule has 0 unspecified atom stereocenters.